The van der Waals surface area contributed by atoms with Crippen LogP contribution in [0, 0.1) is 5.92 Å². The first-order valence-electron chi connectivity index (χ1n) is 7.13. The topological polar surface area (TPSA) is 49.4 Å². The zero-order valence-corrected chi connectivity index (χ0v) is 12.8. The van der Waals surface area contributed by atoms with E-state index >= 15 is 0 Å². The molecule has 0 spiro atoms. The molecule has 2 atom stereocenters. The second-order valence-corrected chi connectivity index (χ2v) is 7.92. The average molecular weight is 276 g/mol. The molecular weight excluding hydrogens is 248 g/mol. The van der Waals surface area contributed by atoms with Gasteiger partial charge in [-0.3, -0.25) is 0 Å². The largest absolute Gasteiger partial charge is 0.314 e. The van der Waals surface area contributed by atoms with Gasteiger partial charge in [-0.15, -0.1) is 0 Å². The third kappa shape index (κ3) is 5.67. The molecule has 1 rings (SSSR count). The van der Waals surface area contributed by atoms with Gasteiger partial charge < -0.3 is 10.2 Å². The van der Waals surface area contributed by atoms with Gasteiger partial charge in [-0.05, 0) is 31.8 Å². The van der Waals surface area contributed by atoms with Crippen molar-refractivity contribution >= 4 is 9.84 Å². The van der Waals surface area contributed by atoms with Crippen LogP contribution in [0.15, 0.2) is 0 Å². The highest BCUT2D eigenvalue weighted by molar-refractivity contribution is 7.91. The summed E-state index contributed by atoms with van der Waals surface area (Å²) in [7, 11) is -2.83. The van der Waals surface area contributed by atoms with Crippen LogP contribution in [-0.2, 0) is 9.84 Å². The smallest absolute Gasteiger partial charge is 0.151 e. The molecule has 0 bridgehead atoms. The van der Waals surface area contributed by atoms with Crippen molar-refractivity contribution < 1.29 is 8.42 Å². The maximum absolute atomic E-state index is 11.6. The van der Waals surface area contributed by atoms with E-state index in [9.17, 15) is 8.42 Å². The van der Waals surface area contributed by atoms with Gasteiger partial charge in [0.25, 0.3) is 0 Å². The molecule has 0 aromatic rings. The number of nitrogens with zero attached hydrogens (tertiary/aromatic N) is 1. The predicted molar refractivity (Wildman–Crippen MR) is 76.6 cm³/mol. The molecule has 0 amide bonds. The van der Waals surface area contributed by atoms with Crippen LogP contribution in [0.25, 0.3) is 0 Å². The third-order valence-electron chi connectivity index (χ3n) is 3.77. The van der Waals surface area contributed by atoms with E-state index in [-0.39, 0.29) is 5.75 Å². The molecule has 1 saturated heterocycles. The molecule has 108 valence electrons. The first kappa shape index (κ1) is 15.9. The Morgan fingerprint density at radius 3 is 2.67 bits per heavy atom. The number of hydrogen-bond acceptors (Lipinski definition) is 4. The third-order valence-corrected chi connectivity index (χ3v) is 5.45. The number of nitrogens with one attached hydrogen (secondary N) is 1. The summed E-state index contributed by atoms with van der Waals surface area (Å²) in [6.45, 7) is 9.90. The van der Waals surface area contributed by atoms with Crippen LogP contribution in [-0.4, -0.2) is 57.0 Å². The van der Waals surface area contributed by atoms with Crippen molar-refractivity contribution in [3.63, 3.8) is 0 Å². The summed E-state index contributed by atoms with van der Waals surface area (Å²) in [4.78, 5) is 2.32. The Labute approximate surface area is 112 Å². The Morgan fingerprint density at radius 2 is 2.06 bits per heavy atom. The number of rotatable bonds is 5. The molecule has 5 heteroatoms. The summed E-state index contributed by atoms with van der Waals surface area (Å²) in [6.07, 6.45) is 2.27. The van der Waals surface area contributed by atoms with E-state index in [4.69, 9.17) is 0 Å². The molecule has 18 heavy (non-hydrogen) atoms. The van der Waals surface area contributed by atoms with Crippen LogP contribution in [0.5, 0.6) is 0 Å². The van der Waals surface area contributed by atoms with E-state index in [0.717, 1.165) is 32.5 Å². The second-order valence-electron chi connectivity index (χ2n) is 5.44. The summed E-state index contributed by atoms with van der Waals surface area (Å²) in [5.41, 5.74) is 0. The van der Waals surface area contributed by atoms with Gasteiger partial charge in [0.15, 0.2) is 9.84 Å². The van der Waals surface area contributed by atoms with E-state index < -0.39 is 9.84 Å². The van der Waals surface area contributed by atoms with Gasteiger partial charge >= 0.3 is 0 Å². The van der Waals surface area contributed by atoms with E-state index in [2.05, 4.69) is 24.1 Å². The van der Waals surface area contributed by atoms with Crippen molar-refractivity contribution in [2.24, 2.45) is 5.92 Å². The zero-order chi connectivity index (χ0) is 13.6. The van der Waals surface area contributed by atoms with Crippen molar-refractivity contribution in [2.45, 2.75) is 39.7 Å². The molecule has 1 aliphatic heterocycles. The van der Waals surface area contributed by atoms with E-state index in [0.29, 0.717) is 24.3 Å². The van der Waals surface area contributed by atoms with Gasteiger partial charge in [-0.1, -0.05) is 20.8 Å². The van der Waals surface area contributed by atoms with E-state index in [1.807, 2.05) is 0 Å². The van der Waals surface area contributed by atoms with Crippen LogP contribution in [0.4, 0.5) is 0 Å². The highest BCUT2D eigenvalue weighted by atomic mass is 32.2. The fourth-order valence-corrected chi connectivity index (χ4v) is 3.19. The standard InChI is InChI=1S/C13H28N2O2S/c1-4-13-6-7-15(11-12(3)10-14-13)8-9-18(16,17)5-2/h12-14H,4-11H2,1-3H3. The van der Waals surface area contributed by atoms with Crippen LogP contribution < -0.4 is 5.32 Å². The van der Waals surface area contributed by atoms with Gasteiger partial charge in [0, 0.05) is 24.9 Å². The summed E-state index contributed by atoms with van der Waals surface area (Å²) in [5.74, 6) is 1.15. The lowest BCUT2D eigenvalue weighted by atomic mass is 10.0. The van der Waals surface area contributed by atoms with Crippen LogP contribution in [0.1, 0.15) is 33.6 Å². The lowest BCUT2D eigenvalue weighted by Crippen LogP contribution is -2.44. The Morgan fingerprint density at radius 1 is 1.33 bits per heavy atom. The Bertz CT molecular complexity index is 330. The quantitative estimate of drug-likeness (QED) is 0.818. The minimum atomic E-state index is -2.83. The van der Waals surface area contributed by atoms with Crippen molar-refractivity contribution in [3.05, 3.63) is 0 Å². The molecule has 0 radical (unpaired) electrons. The normalized spacial score (nSPS) is 27.7. The van der Waals surface area contributed by atoms with E-state index in [1.165, 1.54) is 0 Å². The minimum Gasteiger partial charge on any atom is -0.314 e. The molecule has 1 N–H and O–H groups in total. The van der Waals surface area contributed by atoms with Gasteiger partial charge in [-0.2, -0.15) is 0 Å². The van der Waals surface area contributed by atoms with Gasteiger partial charge in [-0.25, -0.2) is 8.42 Å². The Balaban J connectivity index is 2.47. The van der Waals surface area contributed by atoms with Crippen LogP contribution in [0.2, 0.25) is 0 Å². The SMILES string of the molecule is CCC1CCN(CCS(=O)(=O)CC)CC(C)CN1. The summed E-state index contributed by atoms with van der Waals surface area (Å²) in [6, 6.07) is 0.582. The van der Waals surface area contributed by atoms with Crippen molar-refractivity contribution in [2.75, 3.05) is 37.7 Å². The van der Waals surface area contributed by atoms with Gasteiger partial charge in [0.1, 0.15) is 0 Å². The minimum absolute atomic E-state index is 0.259. The molecule has 1 aliphatic rings. The summed E-state index contributed by atoms with van der Waals surface area (Å²) in [5, 5.41) is 3.58. The number of sulfone groups is 1. The maximum atomic E-state index is 11.6. The van der Waals surface area contributed by atoms with Crippen molar-refractivity contribution in [1.29, 1.82) is 0 Å². The highest BCUT2D eigenvalue weighted by Crippen LogP contribution is 2.09. The zero-order valence-electron chi connectivity index (χ0n) is 12.0. The van der Waals surface area contributed by atoms with E-state index in [1.54, 1.807) is 6.92 Å². The second kappa shape index (κ2) is 7.46. The summed E-state index contributed by atoms with van der Waals surface area (Å²) < 4.78 is 23.1. The summed E-state index contributed by atoms with van der Waals surface area (Å²) >= 11 is 0. The lowest BCUT2D eigenvalue weighted by Gasteiger charge is -2.31. The average Bonchev–Trinajstić information content (AvgIpc) is 2.33. The number of hydrogen-bond donors (Lipinski definition) is 1. The molecule has 0 aromatic carbocycles. The first-order chi connectivity index (χ1) is 8.46. The molecule has 1 heterocycles. The molecule has 4 nitrogen and oxygen atoms in total. The molecule has 0 aliphatic carbocycles. The highest BCUT2D eigenvalue weighted by Gasteiger charge is 2.19. The Kier molecular flexibility index (Phi) is 6.60. The fourth-order valence-electron chi connectivity index (χ4n) is 2.37. The van der Waals surface area contributed by atoms with Crippen LogP contribution in [0.3, 0.4) is 0 Å². The van der Waals surface area contributed by atoms with Crippen molar-refractivity contribution in [1.82, 2.24) is 10.2 Å². The molecule has 0 saturated carbocycles. The lowest BCUT2D eigenvalue weighted by molar-refractivity contribution is 0.206. The first-order valence-corrected chi connectivity index (χ1v) is 8.95. The molecule has 2 unspecified atom stereocenters. The molecular formula is C13H28N2O2S. The predicted octanol–water partition coefficient (Wildman–Crippen LogP) is 1.13. The Hall–Kier alpha value is -0.130. The monoisotopic (exact) mass is 276 g/mol. The van der Waals surface area contributed by atoms with Gasteiger partial charge in [0.05, 0.1) is 5.75 Å². The van der Waals surface area contributed by atoms with Crippen molar-refractivity contribution in [3.8, 4) is 0 Å². The maximum Gasteiger partial charge on any atom is 0.151 e. The van der Waals surface area contributed by atoms with Crippen LogP contribution >= 0.6 is 0 Å². The molecule has 1 fully saturated rings. The van der Waals surface area contributed by atoms with Gasteiger partial charge in [0.2, 0.25) is 0 Å². The fraction of sp³-hybridized carbons (Fsp3) is 1.00. The molecule has 0 aromatic heterocycles.